The number of aromatic nitrogens is 3. The monoisotopic (exact) mass is 306 g/mol. The van der Waals surface area contributed by atoms with Crippen LogP contribution in [0.2, 0.25) is 0 Å². The maximum atomic E-state index is 11.5. The summed E-state index contributed by atoms with van der Waals surface area (Å²) in [6, 6.07) is 0. The number of piperidine rings is 1. The van der Waals surface area contributed by atoms with E-state index in [2.05, 4.69) is 19.7 Å². The van der Waals surface area contributed by atoms with Crippen molar-refractivity contribution < 1.29 is 9.59 Å². The Kier molecular flexibility index (Phi) is 4.10. The third-order valence-corrected chi connectivity index (χ3v) is 4.56. The highest BCUT2D eigenvalue weighted by Crippen LogP contribution is 2.28. The predicted molar refractivity (Wildman–Crippen MR) is 78.7 cm³/mol. The van der Waals surface area contributed by atoms with E-state index in [1.54, 1.807) is 11.8 Å². The Labute approximate surface area is 129 Å². The third kappa shape index (κ3) is 2.96. The van der Waals surface area contributed by atoms with Crippen molar-refractivity contribution in [2.24, 2.45) is 5.73 Å². The lowest BCUT2D eigenvalue weighted by Gasteiger charge is -2.32. The number of nitrogens with two attached hydrogens (primary N) is 1. The first-order valence-corrected chi connectivity index (χ1v) is 7.72. The van der Waals surface area contributed by atoms with Crippen molar-refractivity contribution in [1.29, 1.82) is 0 Å². The molecule has 2 amide bonds. The molecule has 8 nitrogen and oxygen atoms in total. The Hall–Kier alpha value is -1.96. The van der Waals surface area contributed by atoms with E-state index in [4.69, 9.17) is 5.73 Å². The molecule has 1 aromatic rings. The van der Waals surface area contributed by atoms with E-state index in [0.717, 1.165) is 44.1 Å². The molecule has 1 aromatic heterocycles. The van der Waals surface area contributed by atoms with E-state index in [1.807, 2.05) is 0 Å². The summed E-state index contributed by atoms with van der Waals surface area (Å²) in [6.07, 6.45) is 1.92. The van der Waals surface area contributed by atoms with E-state index in [-0.39, 0.29) is 11.8 Å². The van der Waals surface area contributed by atoms with Crippen LogP contribution in [0.3, 0.4) is 0 Å². The summed E-state index contributed by atoms with van der Waals surface area (Å²) in [5, 5.41) is 8.63. The van der Waals surface area contributed by atoms with Gasteiger partial charge in [0.15, 0.2) is 5.82 Å². The van der Waals surface area contributed by atoms with E-state index < -0.39 is 0 Å². The summed E-state index contributed by atoms with van der Waals surface area (Å²) in [7, 11) is 0. The smallest absolute Gasteiger partial charge is 0.231 e. The van der Waals surface area contributed by atoms with Crippen molar-refractivity contribution >= 4 is 11.8 Å². The van der Waals surface area contributed by atoms with Crippen molar-refractivity contribution in [2.75, 3.05) is 26.2 Å². The SMILES string of the molecule is CC(=O)N1CCn2c(nnc2C2CCN(CC(N)=O)CC2)C1. The second-order valence-corrected chi connectivity index (χ2v) is 6.08. The van der Waals surface area contributed by atoms with Gasteiger partial charge >= 0.3 is 0 Å². The fourth-order valence-electron chi connectivity index (χ4n) is 3.32. The summed E-state index contributed by atoms with van der Waals surface area (Å²) in [4.78, 5) is 26.3. The summed E-state index contributed by atoms with van der Waals surface area (Å²) >= 11 is 0. The molecular formula is C14H22N6O2. The van der Waals surface area contributed by atoms with E-state index in [9.17, 15) is 9.59 Å². The van der Waals surface area contributed by atoms with E-state index in [1.165, 1.54) is 0 Å². The van der Waals surface area contributed by atoms with Gasteiger partial charge in [-0.15, -0.1) is 10.2 Å². The summed E-state index contributed by atoms with van der Waals surface area (Å²) in [6.45, 7) is 5.65. The predicted octanol–water partition coefficient (Wildman–Crippen LogP) is -0.695. The average Bonchev–Trinajstić information content (AvgIpc) is 2.90. The Morgan fingerprint density at radius 3 is 2.55 bits per heavy atom. The maximum absolute atomic E-state index is 11.5. The molecule has 0 atom stereocenters. The Morgan fingerprint density at radius 1 is 1.18 bits per heavy atom. The Bertz CT molecular complexity index is 576. The van der Waals surface area contributed by atoms with Crippen LogP contribution in [0.1, 0.15) is 37.3 Å². The lowest BCUT2D eigenvalue weighted by atomic mass is 9.95. The molecule has 120 valence electrons. The molecule has 2 aliphatic heterocycles. The van der Waals surface area contributed by atoms with Gasteiger partial charge < -0.3 is 15.2 Å². The van der Waals surface area contributed by atoms with Crippen molar-refractivity contribution in [2.45, 2.75) is 38.8 Å². The van der Waals surface area contributed by atoms with Gasteiger partial charge in [0.2, 0.25) is 11.8 Å². The summed E-state index contributed by atoms with van der Waals surface area (Å²) < 4.78 is 2.16. The zero-order valence-electron chi connectivity index (χ0n) is 12.9. The second kappa shape index (κ2) is 6.04. The maximum Gasteiger partial charge on any atom is 0.231 e. The molecule has 0 bridgehead atoms. The molecule has 0 spiro atoms. The molecule has 8 heteroatoms. The normalized spacial score (nSPS) is 20.0. The third-order valence-electron chi connectivity index (χ3n) is 4.56. The van der Waals surface area contributed by atoms with Gasteiger partial charge in [-0.1, -0.05) is 0 Å². The molecule has 1 fully saturated rings. The van der Waals surface area contributed by atoms with Crippen LogP contribution in [-0.4, -0.2) is 62.6 Å². The van der Waals surface area contributed by atoms with Crippen LogP contribution in [0.15, 0.2) is 0 Å². The first kappa shape index (κ1) is 15.0. The number of nitrogens with zero attached hydrogens (tertiary/aromatic N) is 5. The zero-order valence-corrected chi connectivity index (χ0v) is 12.9. The number of rotatable bonds is 3. The minimum atomic E-state index is -0.275. The number of fused-ring (bicyclic) bond motifs is 1. The minimum absolute atomic E-state index is 0.0792. The average molecular weight is 306 g/mol. The van der Waals surface area contributed by atoms with Crippen molar-refractivity contribution in [1.82, 2.24) is 24.6 Å². The molecule has 2 N–H and O–H groups in total. The van der Waals surface area contributed by atoms with Gasteiger partial charge in [0.1, 0.15) is 5.82 Å². The van der Waals surface area contributed by atoms with Gasteiger partial charge in [-0.3, -0.25) is 14.5 Å². The van der Waals surface area contributed by atoms with Crippen LogP contribution in [0.4, 0.5) is 0 Å². The van der Waals surface area contributed by atoms with Gasteiger partial charge in [0, 0.05) is 25.9 Å². The lowest BCUT2D eigenvalue weighted by molar-refractivity contribution is -0.130. The minimum Gasteiger partial charge on any atom is -0.369 e. The Morgan fingerprint density at radius 2 is 1.91 bits per heavy atom. The summed E-state index contributed by atoms with van der Waals surface area (Å²) in [5.41, 5.74) is 5.24. The van der Waals surface area contributed by atoms with Crippen molar-refractivity contribution in [3.05, 3.63) is 11.6 Å². The molecular weight excluding hydrogens is 284 g/mol. The van der Waals surface area contributed by atoms with Gasteiger partial charge in [0.25, 0.3) is 0 Å². The molecule has 3 heterocycles. The van der Waals surface area contributed by atoms with E-state index in [0.29, 0.717) is 25.6 Å². The molecule has 0 saturated carbocycles. The van der Waals surface area contributed by atoms with Crippen LogP contribution in [-0.2, 0) is 22.7 Å². The lowest BCUT2D eigenvalue weighted by Crippen LogP contribution is -2.40. The number of hydrogen-bond acceptors (Lipinski definition) is 5. The van der Waals surface area contributed by atoms with Crippen molar-refractivity contribution in [3.63, 3.8) is 0 Å². The first-order chi connectivity index (χ1) is 10.5. The number of primary amides is 1. The highest BCUT2D eigenvalue weighted by atomic mass is 16.2. The molecule has 0 unspecified atom stereocenters. The molecule has 0 radical (unpaired) electrons. The Balaban J connectivity index is 1.66. The van der Waals surface area contributed by atoms with Crippen molar-refractivity contribution in [3.8, 4) is 0 Å². The number of likely N-dealkylation sites (tertiary alicyclic amines) is 1. The highest BCUT2D eigenvalue weighted by Gasteiger charge is 2.29. The molecule has 0 aromatic carbocycles. The fourth-order valence-corrected chi connectivity index (χ4v) is 3.32. The number of carbonyl (C=O) groups is 2. The van der Waals surface area contributed by atoms with Crippen LogP contribution < -0.4 is 5.73 Å². The molecule has 22 heavy (non-hydrogen) atoms. The van der Waals surface area contributed by atoms with Crippen LogP contribution >= 0.6 is 0 Å². The number of amides is 2. The zero-order chi connectivity index (χ0) is 15.7. The van der Waals surface area contributed by atoms with E-state index >= 15 is 0 Å². The second-order valence-electron chi connectivity index (χ2n) is 6.08. The molecule has 3 rings (SSSR count). The quantitative estimate of drug-likeness (QED) is 0.797. The van der Waals surface area contributed by atoms with Crippen LogP contribution in [0.25, 0.3) is 0 Å². The van der Waals surface area contributed by atoms with Gasteiger partial charge in [-0.2, -0.15) is 0 Å². The molecule has 0 aliphatic carbocycles. The standard InChI is InChI=1S/C14H22N6O2/c1-10(21)19-6-7-20-13(9-19)16-17-14(20)11-2-4-18(5-3-11)8-12(15)22/h11H,2-9H2,1H3,(H2,15,22). The van der Waals surface area contributed by atoms with Gasteiger partial charge in [-0.05, 0) is 25.9 Å². The van der Waals surface area contributed by atoms with Gasteiger partial charge in [0.05, 0.1) is 13.1 Å². The molecule has 1 saturated heterocycles. The fraction of sp³-hybridized carbons (Fsp3) is 0.714. The van der Waals surface area contributed by atoms with Crippen LogP contribution in [0.5, 0.6) is 0 Å². The molecule has 2 aliphatic rings. The topological polar surface area (TPSA) is 97.3 Å². The summed E-state index contributed by atoms with van der Waals surface area (Å²) in [5.74, 6) is 2.07. The number of carbonyl (C=O) groups excluding carboxylic acids is 2. The largest absolute Gasteiger partial charge is 0.369 e. The highest BCUT2D eigenvalue weighted by molar-refractivity contribution is 5.75. The van der Waals surface area contributed by atoms with Gasteiger partial charge in [-0.25, -0.2) is 0 Å². The first-order valence-electron chi connectivity index (χ1n) is 7.72. The van der Waals surface area contributed by atoms with Crippen LogP contribution in [0, 0.1) is 0 Å². The number of hydrogen-bond donors (Lipinski definition) is 1.